The quantitative estimate of drug-likeness (QED) is 0.656. The van der Waals surface area contributed by atoms with Gasteiger partial charge in [-0.15, -0.1) is 0 Å². The van der Waals surface area contributed by atoms with Gasteiger partial charge in [-0.25, -0.2) is 0 Å². The van der Waals surface area contributed by atoms with Gasteiger partial charge in [0.25, 0.3) is 0 Å². The van der Waals surface area contributed by atoms with E-state index in [1.54, 1.807) is 6.08 Å². The second kappa shape index (κ2) is 4.56. The summed E-state index contributed by atoms with van der Waals surface area (Å²) >= 11 is 0. The average Bonchev–Trinajstić information content (AvgIpc) is 2.11. The Morgan fingerprint density at radius 2 is 2.31 bits per heavy atom. The van der Waals surface area contributed by atoms with Crippen molar-refractivity contribution in [1.29, 1.82) is 0 Å². The van der Waals surface area contributed by atoms with E-state index in [1.165, 1.54) is 0 Å². The molecule has 0 aliphatic carbocycles. The van der Waals surface area contributed by atoms with Gasteiger partial charge in [-0.2, -0.15) is 0 Å². The predicted molar refractivity (Wildman–Crippen MR) is 50.2 cm³/mol. The molecule has 0 aromatic carbocycles. The Kier molecular flexibility index (Phi) is 3.66. The van der Waals surface area contributed by atoms with Crippen molar-refractivity contribution in [3.63, 3.8) is 0 Å². The number of allylic oxidation sites excluding steroid dienone is 2. The molecule has 0 aromatic heterocycles. The van der Waals surface area contributed by atoms with Gasteiger partial charge in [-0.3, -0.25) is 0 Å². The van der Waals surface area contributed by atoms with E-state index in [9.17, 15) is 5.11 Å². The lowest BCUT2D eigenvalue weighted by atomic mass is 10.1. The first-order chi connectivity index (χ1) is 6.13. The Morgan fingerprint density at radius 1 is 1.62 bits per heavy atom. The molecule has 1 aliphatic heterocycles. The van der Waals surface area contributed by atoms with E-state index in [4.69, 9.17) is 9.47 Å². The monoisotopic (exact) mass is 184 g/mol. The highest BCUT2D eigenvalue weighted by atomic mass is 16.7. The largest absolute Gasteiger partial charge is 0.388 e. The number of hydrogen-bond donors (Lipinski definition) is 1. The van der Waals surface area contributed by atoms with Gasteiger partial charge in [0.05, 0.1) is 6.61 Å². The van der Waals surface area contributed by atoms with Gasteiger partial charge in [0.1, 0.15) is 12.2 Å². The first-order valence-corrected chi connectivity index (χ1v) is 4.39. The van der Waals surface area contributed by atoms with Crippen LogP contribution in [0.5, 0.6) is 0 Å². The smallest absolute Gasteiger partial charge is 0.155 e. The molecule has 3 nitrogen and oxygen atoms in total. The van der Waals surface area contributed by atoms with Crippen LogP contribution in [0, 0.1) is 0 Å². The maximum Gasteiger partial charge on any atom is 0.155 e. The summed E-state index contributed by atoms with van der Waals surface area (Å²) in [5, 5.41) is 9.50. The van der Waals surface area contributed by atoms with Crippen molar-refractivity contribution in [3.8, 4) is 0 Å². The molecular formula is C10H16O3. The minimum Gasteiger partial charge on any atom is -0.388 e. The molecule has 0 bridgehead atoms. The number of ether oxygens (including phenoxy) is 2. The molecule has 74 valence electrons. The minimum atomic E-state index is -0.578. The van der Waals surface area contributed by atoms with Crippen molar-refractivity contribution >= 4 is 0 Å². The Balaban J connectivity index is 2.60. The topological polar surface area (TPSA) is 38.7 Å². The molecule has 0 amide bonds. The van der Waals surface area contributed by atoms with Gasteiger partial charge in [0.15, 0.2) is 6.29 Å². The lowest BCUT2D eigenvalue weighted by Crippen LogP contribution is -2.41. The van der Waals surface area contributed by atoms with Crippen LogP contribution < -0.4 is 0 Å². The standard InChI is InChI=1S/C10H16O3/c1-4-7(2)5-10-9(11)6-12-8(3)13-10/h4-5,8-11H,1,6H2,2-3H3/b7-5+/t8-,9-,10+/m1/s1. The zero-order valence-corrected chi connectivity index (χ0v) is 8.06. The Hall–Kier alpha value is -0.640. The third-order valence-corrected chi connectivity index (χ3v) is 1.98. The number of rotatable bonds is 2. The van der Waals surface area contributed by atoms with Crippen molar-refractivity contribution in [2.45, 2.75) is 32.3 Å². The lowest BCUT2D eigenvalue weighted by Gasteiger charge is -2.30. The molecular weight excluding hydrogens is 168 g/mol. The highest BCUT2D eigenvalue weighted by molar-refractivity contribution is 5.15. The molecule has 0 saturated carbocycles. The highest BCUT2D eigenvalue weighted by Gasteiger charge is 2.26. The lowest BCUT2D eigenvalue weighted by molar-refractivity contribution is -0.230. The highest BCUT2D eigenvalue weighted by Crippen LogP contribution is 2.15. The number of hydrogen-bond acceptors (Lipinski definition) is 3. The number of aliphatic hydroxyl groups excluding tert-OH is 1. The molecule has 1 N–H and O–H groups in total. The van der Waals surface area contributed by atoms with E-state index in [0.717, 1.165) is 5.57 Å². The molecule has 0 unspecified atom stereocenters. The molecule has 0 aromatic rings. The summed E-state index contributed by atoms with van der Waals surface area (Å²) in [5.41, 5.74) is 0.998. The third kappa shape index (κ3) is 2.95. The van der Waals surface area contributed by atoms with Crippen LogP contribution in [-0.2, 0) is 9.47 Å². The van der Waals surface area contributed by atoms with Crippen LogP contribution in [0.1, 0.15) is 13.8 Å². The number of aliphatic hydroxyl groups is 1. The molecule has 0 radical (unpaired) electrons. The molecule has 1 rings (SSSR count). The van der Waals surface area contributed by atoms with Crippen LogP contribution in [0.4, 0.5) is 0 Å². The Bertz CT molecular complexity index is 210. The molecule has 3 atom stereocenters. The van der Waals surface area contributed by atoms with Crippen molar-refractivity contribution < 1.29 is 14.6 Å². The van der Waals surface area contributed by atoms with Crippen molar-refractivity contribution in [2.24, 2.45) is 0 Å². The Morgan fingerprint density at radius 3 is 2.92 bits per heavy atom. The molecule has 1 aliphatic rings. The van der Waals surface area contributed by atoms with Gasteiger partial charge in [0.2, 0.25) is 0 Å². The first kappa shape index (κ1) is 10.4. The molecule has 3 heteroatoms. The second-order valence-electron chi connectivity index (χ2n) is 3.18. The summed E-state index contributed by atoms with van der Waals surface area (Å²) in [4.78, 5) is 0. The fraction of sp³-hybridized carbons (Fsp3) is 0.600. The Labute approximate surface area is 78.7 Å². The predicted octanol–water partition coefficient (Wildman–Crippen LogP) is 1.24. The molecule has 1 saturated heterocycles. The molecule has 13 heavy (non-hydrogen) atoms. The van der Waals surface area contributed by atoms with Crippen LogP contribution in [0.15, 0.2) is 24.3 Å². The van der Waals surface area contributed by atoms with E-state index < -0.39 is 6.10 Å². The zero-order valence-electron chi connectivity index (χ0n) is 8.06. The summed E-state index contributed by atoms with van der Waals surface area (Å²) in [6.07, 6.45) is 2.49. The van der Waals surface area contributed by atoms with Crippen LogP contribution in [0.3, 0.4) is 0 Å². The summed E-state index contributed by atoms with van der Waals surface area (Å²) in [5.74, 6) is 0. The van der Waals surface area contributed by atoms with Crippen LogP contribution >= 0.6 is 0 Å². The first-order valence-electron chi connectivity index (χ1n) is 4.39. The maximum atomic E-state index is 9.50. The van der Waals surface area contributed by atoms with Gasteiger partial charge in [0, 0.05) is 0 Å². The minimum absolute atomic E-state index is 0.248. The molecule has 1 heterocycles. The summed E-state index contributed by atoms with van der Waals surface area (Å²) < 4.78 is 10.5. The van der Waals surface area contributed by atoms with Crippen LogP contribution in [0.2, 0.25) is 0 Å². The molecule has 0 spiro atoms. The fourth-order valence-electron chi connectivity index (χ4n) is 1.16. The van der Waals surface area contributed by atoms with Gasteiger partial charge in [-0.1, -0.05) is 24.3 Å². The van der Waals surface area contributed by atoms with E-state index in [0.29, 0.717) is 6.61 Å². The van der Waals surface area contributed by atoms with Crippen molar-refractivity contribution in [1.82, 2.24) is 0 Å². The summed E-state index contributed by atoms with van der Waals surface area (Å²) in [6.45, 7) is 7.69. The summed E-state index contributed by atoms with van der Waals surface area (Å²) in [6, 6.07) is 0. The van der Waals surface area contributed by atoms with E-state index in [2.05, 4.69) is 6.58 Å². The fourth-order valence-corrected chi connectivity index (χ4v) is 1.16. The SMILES string of the molecule is C=C/C(C)=C/[C@@H]1O[C@H](C)OC[C@H]1O. The van der Waals surface area contributed by atoms with E-state index in [1.807, 2.05) is 19.9 Å². The van der Waals surface area contributed by atoms with Crippen molar-refractivity contribution in [3.05, 3.63) is 24.3 Å². The van der Waals surface area contributed by atoms with E-state index in [-0.39, 0.29) is 12.4 Å². The van der Waals surface area contributed by atoms with Gasteiger partial charge < -0.3 is 14.6 Å². The maximum absolute atomic E-state index is 9.50. The summed E-state index contributed by atoms with van der Waals surface area (Å²) in [7, 11) is 0. The van der Waals surface area contributed by atoms with Gasteiger partial charge >= 0.3 is 0 Å². The van der Waals surface area contributed by atoms with Crippen LogP contribution in [-0.4, -0.2) is 30.2 Å². The second-order valence-corrected chi connectivity index (χ2v) is 3.18. The zero-order chi connectivity index (χ0) is 9.84. The molecule has 1 fully saturated rings. The normalized spacial score (nSPS) is 35.9. The van der Waals surface area contributed by atoms with Crippen LogP contribution in [0.25, 0.3) is 0 Å². The third-order valence-electron chi connectivity index (χ3n) is 1.98. The van der Waals surface area contributed by atoms with Gasteiger partial charge in [-0.05, 0) is 13.8 Å². The van der Waals surface area contributed by atoms with E-state index >= 15 is 0 Å². The van der Waals surface area contributed by atoms with Crippen molar-refractivity contribution in [2.75, 3.05) is 6.61 Å². The average molecular weight is 184 g/mol.